The summed E-state index contributed by atoms with van der Waals surface area (Å²) in [7, 11) is 0. The molecule has 2 N–H and O–H groups in total. The van der Waals surface area contributed by atoms with E-state index in [4.69, 9.17) is 4.42 Å². The standard InChI is InChI=1S/C22H24N4O3S/c1-13(2)20(27)25-16-9-7-15(8-10-16)12-23-21(28)18-14(3)24-19(26-22(18)30-4)17-6-5-11-29-17/h5-11,13H,12H2,1-4H3,(H,23,28)(H,25,27). The zero-order chi connectivity index (χ0) is 21.7. The normalized spacial score (nSPS) is 10.8. The number of hydrogen-bond donors (Lipinski definition) is 2. The molecule has 0 radical (unpaired) electrons. The van der Waals surface area contributed by atoms with Crippen molar-refractivity contribution < 1.29 is 14.0 Å². The summed E-state index contributed by atoms with van der Waals surface area (Å²) in [6.07, 6.45) is 3.43. The van der Waals surface area contributed by atoms with E-state index in [2.05, 4.69) is 20.6 Å². The molecule has 0 unspecified atom stereocenters. The summed E-state index contributed by atoms with van der Waals surface area (Å²) < 4.78 is 5.37. The highest BCUT2D eigenvalue weighted by atomic mass is 32.2. The van der Waals surface area contributed by atoms with E-state index in [1.165, 1.54) is 11.8 Å². The first-order valence-corrected chi connectivity index (χ1v) is 10.8. The van der Waals surface area contributed by atoms with Crippen molar-refractivity contribution in [2.24, 2.45) is 5.92 Å². The van der Waals surface area contributed by atoms with Gasteiger partial charge in [0.2, 0.25) is 5.91 Å². The molecule has 1 aromatic carbocycles. The van der Waals surface area contributed by atoms with Crippen LogP contribution < -0.4 is 10.6 Å². The topological polar surface area (TPSA) is 97.1 Å². The fourth-order valence-electron chi connectivity index (χ4n) is 2.73. The highest BCUT2D eigenvalue weighted by molar-refractivity contribution is 7.98. The van der Waals surface area contributed by atoms with Crippen LogP contribution in [0.5, 0.6) is 0 Å². The minimum atomic E-state index is -0.236. The second kappa shape index (κ2) is 9.58. The summed E-state index contributed by atoms with van der Waals surface area (Å²) in [5.74, 6) is 0.663. The van der Waals surface area contributed by atoms with Crippen LogP contribution >= 0.6 is 11.8 Å². The van der Waals surface area contributed by atoms with E-state index >= 15 is 0 Å². The lowest BCUT2D eigenvalue weighted by molar-refractivity contribution is -0.118. The second-order valence-corrected chi connectivity index (χ2v) is 7.81. The molecule has 30 heavy (non-hydrogen) atoms. The maximum atomic E-state index is 12.8. The van der Waals surface area contributed by atoms with Crippen molar-refractivity contribution in [2.75, 3.05) is 11.6 Å². The van der Waals surface area contributed by atoms with Gasteiger partial charge in [-0.3, -0.25) is 9.59 Å². The fraction of sp³-hybridized carbons (Fsp3) is 0.273. The first-order chi connectivity index (χ1) is 14.4. The van der Waals surface area contributed by atoms with Gasteiger partial charge < -0.3 is 15.1 Å². The van der Waals surface area contributed by atoms with Gasteiger partial charge in [-0.2, -0.15) is 0 Å². The summed E-state index contributed by atoms with van der Waals surface area (Å²) in [5.41, 5.74) is 2.69. The second-order valence-electron chi connectivity index (χ2n) is 7.02. The number of nitrogens with zero attached hydrogens (tertiary/aromatic N) is 2. The number of benzene rings is 1. The molecule has 8 heteroatoms. The van der Waals surface area contributed by atoms with E-state index < -0.39 is 0 Å². The Labute approximate surface area is 179 Å². The third-order valence-electron chi connectivity index (χ3n) is 4.42. The van der Waals surface area contributed by atoms with E-state index in [-0.39, 0.29) is 17.7 Å². The van der Waals surface area contributed by atoms with Gasteiger partial charge in [-0.05, 0) is 43.0 Å². The van der Waals surface area contributed by atoms with Gasteiger partial charge in [-0.15, -0.1) is 11.8 Å². The summed E-state index contributed by atoms with van der Waals surface area (Å²) in [6, 6.07) is 10.9. The van der Waals surface area contributed by atoms with Gasteiger partial charge in [-0.25, -0.2) is 9.97 Å². The largest absolute Gasteiger partial charge is 0.461 e. The maximum absolute atomic E-state index is 12.8. The molecule has 0 aliphatic carbocycles. The lowest BCUT2D eigenvalue weighted by Gasteiger charge is -2.12. The highest BCUT2D eigenvalue weighted by Gasteiger charge is 2.19. The molecule has 0 saturated heterocycles. The number of aromatic nitrogens is 2. The first-order valence-electron chi connectivity index (χ1n) is 9.53. The molecule has 3 rings (SSSR count). The Morgan fingerprint density at radius 2 is 1.87 bits per heavy atom. The van der Waals surface area contributed by atoms with Crippen molar-refractivity contribution in [3.8, 4) is 11.6 Å². The summed E-state index contributed by atoms with van der Waals surface area (Å²) >= 11 is 1.39. The molecule has 3 aromatic rings. The number of thioether (sulfide) groups is 1. The fourth-order valence-corrected chi connectivity index (χ4v) is 3.36. The zero-order valence-corrected chi connectivity index (χ0v) is 18.2. The molecule has 0 spiro atoms. The van der Waals surface area contributed by atoms with Crippen molar-refractivity contribution >= 4 is 29.3 Å². The van der Waals surface area contributed by atoms with Gasteiger partial charge in [-0.1, -0.05) is 26.0 Å². The number of carbonyl (C=O) groups is 2. The number of amides is 2. The van der Waals surface area contributed by atoms with Crippen molar-refractivity contribution in [2.45, 2.75) is 32.3 Å². The van der Waals surface area contributed by atoms with Crippen LogP contribution in [0.2, 0.25) is 0 Å². The van der Waals surface area contributed by atoms with Crippen LogP contribution in [0.3, 0.4) is 0 Å². The molecule has 0 aliphatic rings. The van der Waals surface area contributed by atoms with Gasteiger partial charge >= 0.3 is 0 Å². The smallest absolute Gasteiger partial charge is 0.256 e. The third-order valence-corrected chi connectivity index (χ3v) is 5.10. The molecule has 0 saturated carbocycles. The Morgan fingerprint density at radius 1 is 1.13 bits per heavy atom. The van der Waals surface area contributed by atoms with Crippen molar-refractivity contribution in [3.05, 3.63) is 59.5 Å². The zero-order valence-electron chi connectivity index (χ0n) is 17.4. The van der Waals surface area contributed by atoms with Crippen LogP contribution in [-0.4, -0.2) is 28.0 Å². The Bertz CT molecular complexity index is 1030. The van der Waals surface area contributed by atoms with Crippen LogP contribution in [0.15, 0.2) is 52.1 Å². The van der Waals surface area contributed by atoms with Crippen molar-refractivity contribution in [3.63, 3.8) is 0 Å². The summed E-state index contributed by atoms with van der Waals surface area (Å²) in [5, 5.41) is 6.36. The molecule has 0 atom stereocenters. The third kappa shape index (κ3) is 5.07. The SMILES string of the molecule is CSc1nc(-c2ccco2)nc(C)c1C(=O)NCc1ccc(NC(=O)C(C)C)cc1. The molecule has 2 aromatic heterocycles. The number of anilines is 1. The van der Waals surface area contributed by atoms with Crippen LogP contribution in [0.4, 0.5) is 5.69 Å². The summed E-state index contributed by atoms with van der Waals surface area (Å²) in [6.45, 7) is 5.82. The quantitative estimate of drug-likeness (QED) is 0.434. The minimum Gasteiger partial charge on any atom is -0.461 e. The molecule has 2 heterocycles. The Balaban J connectivity index is 1.69. The molecule has 2 amide bonds. The highest BCUT2D eigenvalue weighted by Crippen LogP contribution is 2.25. The Hall–Kier alpha value is -3.13. The average Bonchev–Trinajstić information content (AvgIpc) is 3.27. The van der Waals surface area contributed by atoms with Gasteiger partial charge in [0.25, 0.3) is 5.91 Å². The van der Waals surface area contributed by atoms with E-state index in [1.54, 1.807) is 25.3 Å². The van der Waals surface area contributed by atoms with E-state index in [0.29, 0.717) is 34.4 Å². The Kier molecular flexibility index (Phi) is 6.89. The monoisotopic (exact) mass is 424 g/mol. The van der Waals surface area contributed by atoms with Crippen LogP contribution in [0, 0.1) is 12.8 Å². The van der Waals surface area contributed by atoms with Crippen molar-refractivity contribution in [1.29, 1.82) is 0 Å². The molecule has 0 bridgehead atoms. The molecule has 156 valence electrons. The van der Waals surface area contributed by atoms with Gasteiger partial charge in [0.15, 0.2) is 11.6 Å². The minimum absolute atomic E-state index is 0.0332. The van der Waals surface area contributed by atoms with Crippen LogP contribution in [0.25, 0.3) is 11.6 Å². The van der Waals surface area contributed by atoms with E-state index in [1.807, 2.05) is 44.4 Å². The molecule has 0 fully saturated rings. The first kappa shape index (κ1) is 21.6. The average molecular weight is 425 g/mol. The number of aryl methyl sites for hydroxylation is 1. The van der Waals surface area contributed by atoms with E-state index in [9.17, 15) is 9.59 Å². The van der Waals surface area contributed by atoms with Gasteiger partial charge in [0.1, 0.15) is 5.03 Å². The molecule has 0 aliphatic heterocycles. The van der Waals surface area contributed by atoms with E-state index in [0.717, 1.165) is 11.3 Å². The predicted octanol–water partition coefficient (Wildman–Crippen LogP) is 4.29. The lowest BCUT2D eigenvalue weighted by atomic mass is 10.1. The van der Waals surface area contributed by atoms with Crippen LogP contribution in [-0.2, 0) is 11.3 Å². The number of hydrogen-bond acceptors (Lipinski definition) is 6. The van der Waals surface area contributed by atoms with Gasteiger partial charge in [0.05, 0.1) is 17.5 Å². The number of rotatable bonds is 7. The number of carbonyl (C=O) groups excluding carboxylic acids is 2. The lowest BCUT2D eigenvalue weighted by Crippen LogP contribution is -2.25. The molecule has 7 nitrogen and oxygen atoms in total. The summed E-state index contributed by atoms with van der Waals surface area (Å²) in [4.78, 5) is 33.5. The molecular weight excluding hydrogens is 400 g/mol. The molecular formula is C22H24N4O3S. The van der Waals surface area contributed by atoms with Crippen molar-refractivity contribution in [1.82, 2.24) is 15.3 Å². The number of furan rings is 1. The Morgan fingerprint density at radius 3 is 2.47 bits per heavy atom. The van der Waals surface area contributed by atoms with Gasteiger partial charge in [0, 0.05) is 18.2 Å². The predicted molar refractivity (Wildman–Crippen MR) is 117 cm³/mol. The maximum Gasteiger partial charge on any atom is 0.256 e. The van der Waals surface area contributed by atoms with Crippen LogP contribution in [0.1, 0.15) is 35.5 Å². The number of nitrogens with one attached hydrogen (secondary N) is 2.